The van der Waals surface area contributed by atoms with Crippen LogP contribution in [0.4, 0.5) is 5.13 Å². The van der Waals surface area contributed by atoms with Crippen LogP contribution in [-0.2, 0) is 13.6 Å². The Bertz CT molecular complexity index is 1430. The number of anilines is 1. The predicted octanol–water partition coefficient (Wildman–Crippen LogP) is 4.21. The van der Waals surface area contributed by atoms with Crippen molar-refractivity contribution in [1.29, 1.82) is 0 Å². The maximum Gasteiger partial charge on any atom is 0.258 e. The zero-order valence-corrected chi connectivity index (χ0v) is 18.7. The summed E-state index contributed by atoms with van der Waals surface area (Å²) in [5, 5.41) is 15.0. The van der Waals surface area contributed by atoms with Gasteiger partial charge in [0.25, 0.3) is 5.91 Å². The summed E-state index contributed by atoms with van der Waals surface area (Å²) >= 11 is 1.38. The highest BCUT2D eigenvalue weighted by Crippen LogP contribution is 2.27. The highest BCUT2D eigenvalue weighted by Gasteiger charge is 2.20. The molecule has 1 aromatic carbocycles. The van der Waals surface area contributed by atoms with Gasteiger partial charge in [-0.25, -0.2) is 14.6 Å². The van der Waals surface area contributed by atoms with Gasteiger partial charge in [-0.15, -0.1) is 11.3 Å². The fraction of sp³-hybridized carbons (Fsp3) is 0.174. The van der Waals surface area contributed by atoms with Crippen molar-refractivity contribution in [2.24, 2.45) is 7.05 Å². The number of hydrogen-bond donors (Lipinski definition) is 1. The number of hydrogen-bond acceptors (Lipinski definition) is 6. The van der Waals surface area contributed by atoms with Gasteiger partial charge in [0, 0.05) is 24.3 Å². The van der Waals surface area contributed by atoms with Crippen molar-refractivity contribution in [1.82, 2.24) is 29.5 Å². The first-order valence-corrected chi connectivity index (χ1v) is 11.0. The van der Waals surface area contributed by atoms with E-state index in [1.54, 1.807) is 16.9 Å². The number of rotatable bonds is 5. The zero-order chi connectivity index (χ0) is 22.2. The topological polar surface area (TPSA) is 90.5 Å². The second kappa shape index (κ2) is 8.01. The number of thiazole rings is 1. The minimum Gasteiger partial charge on any atom is -0.298 e. The number of pyridine rings is 1. The Labute approximate surface area is 188 Å². The number of aromatic nitrogens is 6. The number of nitrogens with one attached hydrogen (secondary N) is 1. The van der Waals surface area contributed by atoms with E-state index in [2.05, 4.69) is 37.6 Å². The first kappa shape index (κ1) is 20.1. The van der Waals surface area contributed by atoms with E-state index in [1.165, 1.54) is 11.3 Å². The summed E-state index contributed by atoms with van der Waals surface area (Å²) in [6.07, 6.45) is 1.72. The fourth-order valence-electron chi connectivity index (χ4n) is 3.76. The number of carbonyl (C=O) groups is 1. The van der Waals surface area contributed by atoms with Gasteiger partial charge in [-0.05, 0) is 31.5 Å². The maximum atomic E-state index is 13.2. The Morgan fingerprint density at radius 1 is 1.12 bits per heavy atom. The molecule has 0 radical (unpaired) electrons. The zero-order valence-electron chi connectivity index (χ0n) is 17.9. The number of benzene rings is 1. The molecule has 1 N–H and O–H groups in total. The van der Waals surface area contributed by atoms with Gasteiger partial charge in [-0.3, -0.25) is 14.8 Å². The molecule has 160 valence electrons. The van der Waals surface area contributed by atoms with Gasteiger partial charge in [0.15, 0.2) is 10.8 Å². The molecule has 9 heteroatoms. The van der Waals surface area contributed by atoms with Gasteiger partial charge in [0.1, 0.15) is 5.69 Å². The monoisotopic (exact) mass is 443 g/mol. The number of carbonyl (C=O) groups excluding carboxylic acids is 1. The van der Waals surface area contributed by atoms with Crippen LogP contribution in [0.25, 0.3) is 22.4 Å². The van der Waals surface area contributed by atoms with Crippen LogP contribution in [-0.4, -0.2) is 35.4 Å². The average Bonchev–Trinajstić information content (AvgIpc) is 3.48. The lowest BCUT2D eigenvalue weighted by atomic mass is 10.1. The molecule has 0 unspecified atom stereocenters. The van der Waals surface area contributed by atoms with E-state index in [-0.39, 0.29) is 5.91 Å². The molecule has 8 nitrogen and oxygen atoms in total. The van der Waals surface area contributed by atoms with E-state index in [0.717, 1.165) is 33.7 Å². The number of nitrogens with zero attached hydrogens (tertiary/aromatic N) is 6. The molecule has 0 bridgehead atoms. The lowest BCUT2D eigenvalue weighted by Gasteiger charge is -2.07. The molecular weight excluding hydrogens is 422 g/mol. The van der Waals surface area contributed by atoms with Crippen molar-refractivity contribution in [2.45, 2.75) is 20.4 Å². The summed E-state index contributed by atoms with van der Waals surface area (Å²) < 4.78 is 3.61. The van der Waals surface area contributed by atoms with Crippen LogP contribution in [0.1, 0.15) is 27.3 Å². The van der Waals surface area contributed by atoms with Crippen molar-refractivity contribution in [3.05, 3.63) is 76.6 Å². The lowest BCUT2D eigenvalue weighted by Crippen LogP contribution is -2.13. The summed E-state index contributed by atoms with van der Waals surface area (Å²) in [5.74, 6) is -0.228. The number of fused-ring (bicyclic) bond motifs is 1. The summed E-state index contributed by atoms with van der Waals surface area (Å²) in [5.41, 5.74) is 5.55. The third kappa shape index (κ3) is 3.67. The average molecular weight is 444 g/mol. The van der Waals surface area contributed by atoms with Gasteiger partial charge in [-0.1, -0.05) is 30.3 Å². The van der Waals surface area contributed by atoms with Gasteiger partial charge in [0.05, 0.1) is 28.9 Å². The number of amides is 1. The quantitative estimate of drug-likeness (QED) is 0.440. The molecule has 32 heavy (non-hydrogen) atoms. The van der Waals surface area contributed by atoms with Crippen LogP contribution in [0.5, 0.6) is 0 Å². The van der Waals surface area contributed by atoms with Crippen LogP contribution in [0.3, 0.4) is 0 Å². The summed E-state index contributed by atoms with van der Waals surface area (Å²) in [7, 11) is 1.86. The van der Waals surface area contributed by atoms with Gasteiger partial charge in [0.2, 0.25) is 0 Å². The van der Waals surface area contributed by atoms with E-state index >= 15 is 0 Å². The first-order chi connectivity index (χ1) is 15.5. The molecule has 0 aliphatic carbocycles. The summed E-state index contributed by atoms with van der Waals surface area (Å²) in [6.45, 7) is 4.38. The molecule has 0 aliphatic heterocycles. The molecule has 5 aromatic rings. The Kier molecular flexibility index (Phi) is 5.02. The highest BCUT2D eigenvalue weighted by atomic mass is 32.1. The van der Waals surface area contributed by atoms with Crippen LogP contribution < -0.4 is 5.32 Å². The molecule has 0 spiro atoms. The van der Waals surface area contributed by atoms with Gasteiger partial charge >= 0.3 is 0 Å². The standard InChI is InChI=1S/C23H21N7OS/c1-14-11-17(22(31)27-23-26-18(13-32-23)19-9-10-24-29(19)3)20-15(2)28-30(21(20)25-14)12-16-7-5-4-6-8-16/h4-11,13H,12H2,1-3H3,(H,26,27,31). The molecule has 4 aromatic heterocycles. The molecule has 0 fully saturated rings. The highest BCUT2D eigenvalue weighted by molar-refractivity contribution is 7.14. The minimum absolute atomic E-state index is 0.228. The predicted molar refractivity (Wildman–Crippen MR) is 125 cm³/mol. The molecular formula is C23H21N7OS. The van der Waals surface area contributed by atoms with E-state index < -0.39 is 0 Å². The van der Waals surface area contributed by atoms with E-state index in [4.69, 9.17) is 0 Å². The smallest absolute Gasteiger partial charge is 0.258 e. The van der Waals surface area contributed by atoms with Crippen molar-refractivity contribution < 1.29 is 4.79 Å². The second-order valence-electron chi connectivity index (χ2n) is 7.57. The lowest BCUT2D eigenvalue weighted by molar-refractivity contribution is 0.102. The van der Waals surface area contributed by atoms with Crippen LogP contribution in [0.15, 0.2) is 54.0 Å². The Morgan fingerprint density at radius 3 is 2.69 bits per heavy atom. The third-order valence-electron chi connectivity index (χ3n) is 5.23. The van der Waals surface area contributed by atoms with Gasteiger partial charge < -0.3 is 0 Å². The molecule has 0 aliphatic rings. The summed E-state index contributed by atoms with van der Waals surface area (Å²) in [6, 6.07) is 13.8. The Balaban J connectivity index is 1.48. The van der Waals surface area contributed by atoms with E-state index in [0.29, 0.717) is 22.9 Å². The second-order valence-corrected chi connectivity index (χ2v) is 8.43. The van der Waals surface area contributed by atoms with Crippen molar-refractivity contribution in [3.8, 4) is 11.4 Å². The Morgan fingerprint density at radius 2 is 1.94 bits per heavy atom. The van der Waals surface area contributed by atoms with Gasteiger partial charge in [-0.2, -0.15) is 10.2 Å². The van der Waals surface area contributed by atoms with Crippen LogP contribution in [0, 0.1) is 13.8 Å². The molecule has 5 rings (SSSR count). The SMILES string of the molecule is Cc1cc(C(=O)Nc2nc(-c3ccnn3C)cs2)c2c(C)nn(Cc3ccccc3)c2n1. The normalized spacial score (nSPS) is 11.2. The number of aryl methyl sites for hydroxylation is 3. The fourth-order valence-corrected chi connectivity index (χ4v) is 4.46. The third-order valence-corrected chi connectivity index (χ3v) is 5.99. The maximum absolute atomic E-state index is 13.2. The minimum atomic E-state index is -0.228. The van der Waals surface area contributed by atoms with Crippen molar-refractivity contribution >= 4 is 33.4 Å². The van der Waals surface area contributed by atoms with Crippen molar-refractivity contribution in [2.75, 3.05) is 5.32 Å². The summed E-state index contributed by atoms with van der Waals surface area (Å²) in [4.78, 5) is 22.5. The molecule has 1 amide bonds. The van der Waals surface area contributed by atoms with Crippen molar-refractivity contribution in [3.63, 3.8) is 0 Å². The van der Waals surface area contributed by atoms with Crippen LogP contribution >= 0.6 is 11.3 Å². The molecule has 0 atom stereocenters. The van der Waals surface area contributed by atoms with Crippen LogP contribution in [0.2, 0.25) is 0 Å². The van der Waals surface area contributed by atoms with E-state index in [1.807, 2.05) is 55.2 Å². The molecule has 0 saturated carbocycles. The molecule has 0 saturated heterocycles. The van der Waals surface area contributed by atoms with E-state index in [9.17, 15) is 4.79 Å². The molecule has 4 heterocycles. The largest absolute Gasteiger partial charge is 0.298 e. The Hall–Kier alpha value is -3.85. The first-order valence-electron chi connectivity index (χ1n) is 10.1.